The van der Waals surface area contributed by atoms with E-state index in [1.165, 1.54) is 11.8 Å². The minimum atomic E-state index is -0.874. The summed E-state index contributed by atoms with van der Waals surface area (Å²) in [5, 5.41) is 18.2. The van der Waals surface area contributed by atoms with Gasteiger partial charge in [0.25, 0.3) is 0 Å². The van der Waals surface area contributed by atoms with Crippen LogP contribution in [0.4, 0.5) is 0 Å². The van der Waals surface area contributed by atoms with Gasteiger partial charge in [-0.15, -0.1) is 11.8 Å². The highest BCUT2D eigenvalue weighted by molar-refractivity contribution is 8.00. The molecule has 1 rings (SSSR count). The van der Waals surface area contributed by atoms with Crippen molar-refractivity contribution in [3.8, 4) is 0 Å². The fourth-order valence-electron chi connectivity index (χ4n) is 1.37. The first-order valence-corrected chi connectivity index (χ1v) is 6.13. The number of carbonyl (C=O) groups is 1. The number of carboxylic acid groups (broad SMARTS) is 1. The predicted molar refractivity (Wildman–Crippen MR) is 64.6 cm³/mol. The molecule has 0 bridgehead atoms. The lowest BCUT2D eigenvalue weighted by atomic mass is 10.1. The summed E-state index contributed by atoms with van der Waals surface area (Å²) in [4.78, 5) is 11.7. The second-order valence-electron chi connectivity index (χ2n) is 3.54. The van der Waals surface area contributed by atoms with Gasteiger partial charge >= 0.3 is 5.97 Å². The summed E-state index contributed by atoms with van der Waals surface area (Å²) < 4.78 is 0. The second kappa shape index (κ2) is 6.55. The van der Waals surface area contributed by atoms with E-state index in [1.54, 1.807) is 0 Å². The van der Waals surface area contributed by atoms with Crippen molar-refractivity contribution in [1.29, 1.82) is 0 Å². The molecule has 0 saturated carbocycles. The van der Waals surface area contributed by atoms with E-state index in [1.807, 2.05) is 37.3 Å². The van der Waals surface area contributed by atoms with Crippen LogP contribution < -0.4 is 0 Å². The molecule has 1 aromatic rings. The van der Waals surface area contributed by atoms with E-state index in [9.17, 15) is 9.90 Å². The number of aliphatic carboxylic acids is 1. The average molecular weight is 240 g/mol. The number of rotatable bonds is 6. The van der Waals surface area contributed by atoms with E-state index in [0.29, 0.717) is 6.42 Å². The third-order valence-corrected chi connectivity index (χ3v) is 3.58. The molecule has 2 atom stereocenters. The molecule has 0 aromatic heterocycles. The van der Waals surface area contributed by atoms with E-state index in [4.69, 9.17) is 5.11 Å². The van der Waals surface area contributed by atoms with Gasteiger partial charge in [-0.2, -0.15) is 0 Å². The monoisotopic (exact) mass is 240 g/mol. The van der Waals surface area contributed by atoms with Crippen LogP contribution in [-0.4, -0.2) is 27.5 Å². The van der Waals surface area contributed by atoms with Crippen molar-refractivity contribution in [2.45, 2.75) is 36.0 Å². The zero-order chi connectivity index (χ0) is 12.0. The standard InChI is InChI=1S/C12H16O3S/c1-2-10(13)11(8-12(14)15)16-9-6-4-3-5-7-9/h3-7,10-11,13H,2,8H2,1H3,(H,14,15)/t10-,11+/m0/s1. The predicted octanol–water partition coefficient (Wildman–Crippen LogP) is 2.39. The van der Waals surface area contributed by atoms with Crippen molar-refractivity contribution in [2.24, 2.45) is 0 Å². The summed E-state index contributed by atoms with van der Waals surface area (Å²) >= 11 is 1.42. The van der Waals surface area contributed by atoms with Gasteiger partial charge in [-0.1, -0.05) is 25.1 Å². The van der Waals surface area contributed by atoms with E-state index >= 15 is 0 Å². The molecule has 2 N–H and O–H groups in total. The second-order valence-corrected chi connectivity index (χ2v) is 4.86. The van der Waals surface area contributed by atoms with Crippen LogP contribution in [0.15, 0.2) is 35.2 Å². The normalized spacial score (nSPS) is 14.4. The molecule has 3 nitrogen and oxygen atoms in total. The molecule has 0 saturated heterocycles. The molecular formula is C12H16O3S. The van der Waals surface area contributed by atoms with E-state index in [-0.39, 0.29) is 11.7 Å². The highest BCUT2D eigenvalue weighted by Gasteiger charge is 2.21. The van der Waals surface area contributed by atoms with Crippen LogP contribution in [0.2, 0.25) is 0 Å². The van der Waals surface area contributed by atoms with Crippen LogP contribution in [0.1, 0.15) is 19.8 Å². The van der Waals surface area contributed by atoms with Gasteiger partial charge in [-0.25, -0.2) is 0 Å². The Bertz CT molecular complexity index is 326. The number of thioether (sulfide) groups is 1. The van der Waals surface area contributed by atoms with Gasteiger partial charge in [-0.05, 0) is 18.6 Å². The summed E-state index contributed by atoms with van der Waals surface area (Å²) in [6.07, 6.45) is -0.0342. The summed E-state index contributed by atoms with van der Waals surface area (Å²) in [5.41, 5.74) is 0. The van der Waals surface area contributed by atoms with Crippen LogP contribution >= 0.6 is 11.8 Å². The van der Waals surface area contributed by atoms with Crippen molar-refractivity contribution in [2.75, 3.05) is 0 Å². The molecule has 0 radical (unpaired) electrons. The van der Waals surface area contributed by atoms with Gasteiger partial charge in [0.1, 0.15) is 0 Å². The van der Waals surface area contributed by atoms with Gasteiger partial charge < -0.3 is 10.2 Å². The molecule has 88 valence electrons. The van der Waals surface area contributed by atoms with Crippen LogP contribution in [-0.2, 0) is 4.79 Å². The number of hydrogen-bond donors (Lipinski definition) is 2. The molecule has 0 unspecified atom stereocenters. The number of benzene rings is 1. The zero-order valence-electron chi connectivity index (χ0n) is 9.17. The molecular weight excluding hydrogens is 224 g/mol. The van der Waals surface area contributed by atoms with Crippen LogP contribution in [0, 0.1) is 0 Å². The lowest BCUT2D eigenvalue weighted by Crippen LogP contribution is -2.25. The Morgan fingerprint density at radius 3 is 2.50 bits per heavy atom. The van der Waals surface area contributed by atoms with Gasteiger partial charge in [0.05, 0.1) is 12.5 Å². The number of aliphatic hydroxyl groups excluding tert-OH is 1. The molecule has 0 amide bonds. The topological polar surface area (TPSA) is 57.5 Å². The number of hydrogen-bond acceptors (Lipinski definition) is 3. The van der Waals surface area contributed by atoms with Crippen LogP contribution in [0.25, 0.3) is 0 Å². The molecule has 4 heteroatoms. The molecule has 0 aliphatic heterocycles. The van der Waals surface area contributed by atoms with Crippen molar-refractivity contribution >= 4 is 17.7 Å². The minimum Gasteiger partial charge on any atom is -0.481 e. The van der Waals surface area contributed by atoms with E-state index in [2.05, 4.69) is 0 Å². The van der Waals surface area contributed by atoms with Crippen LogP contribution in [0.3, 0.4) is 0 Å². The van der Waals surface area contributed by atoms with Gasteiger partial charge in [0.15, 0.2) is 0 Å². The first-order chi connectivity index (χ1) is 7.63. The molecule has 0 fully saturated rings. The quantitative estimate of drug-likeness (QED) is 0.750. The minimum absolute atomic E-state index is 0.0193. The van der Waals surface area contributed by atoms with E-state index in [0.717, 1.165) is 4.90 Å². The summed E-state index contributed by atoms with van der Waals surface area (Å²) in [6, 6.07) is 9.55. The van der Waals surface area contributed by atoms with Crippen molar-refractivity contribution in [1.82, 2.24) is 0 Å². The fourth-order valence-corrected chi connectivity index (χ4v) is 2.60. The lowest BCUT2D eigenvalue weighted by molar-refractivity contribution is -0.137. The Hall–Kier alpha value is -1.00. The highest BCUT2D eigenvalue weighted by atomic mass is 32.2. The first-order valence-electron chi connectivity index (χ1n) is 5.25. The third kappa shape index (κ3) is 4.24. The Morgan fingerprint density at radius 1 is 1.38 bits per heavy atom. The molecule has 0 heterocycles. The van der Waals surface area contributed by atoms with Gasteiger partial charge in [0.2, 0.25) is 0 Å². The molecule has 16 heavy (non-hydrogen) atoms. The van der Waals surface area contributed by atoms with Crippen molar-refractivity contribution in [3.05, 3.63) is 30.3 Å². The highest BCUT2D eigenvalue weighted by Crippen LogP contribution is 2.28. The zero-order valence-corrected chi connectivity index (χ0v) is 9.98. The Kier molecular flexibility index (Phi) is 5.35. The number of carboxylic acids is 1. The van der Waals surface area contributed by atoms with E-state index < -0.39 is 12.1 Å². The first kappa shape index (κ1) is 13.1. The maximum absolute atomic E-state index is 10.7. The lowest BCUT2D eigenvalue weighted by Gasteiger charge is -2.19. The smallest absolute Gasteiger partial charge is 0.304 e. The largest absolute Gasteiger partial charge is 0.481 e. The van der Waals surface area contributed by atoms with Crippen molar-refractivity contribution < 1.29 is 15.0 Å². The maximum Gasteiger partial charge on any atom is 0.304 e. The molecule has 0 aliphatic carbocycles. The molecule has 0 aliphatic rings. The van der Waals surface area contributed by atoms with Gasteiger partial charge in [0, 0.05) is 10.1 Å². The Labute approximate surface area is 99.5 Å². The maximum atomic E-state index is 10.7. The summed E-state index contributed by atoms with van der Waals surface area (Å²) in [5.74, 6) is -0.874. The van der Waals surface area contributed by atoms with Gasteiger partial charge in [-0.3, -0.25) is 4.79 Å². The molecule has 0 spiro atoms. The SMILES string of the molecule is CC[C@H](O)[C@@H](CC(=O)O)Sc1ccccc1. The Balaban J connectivity index is 2.67. The fraction of sp³-hybridized carbons (Fsp3) is 0.417. The third-order valence-electron chi connectivity index (χ3n) is 2.25. The van der Waals surface area contributed by atoms with Crippen molar-refractivity contribution in [3.63, 3.8) is 0 Å². The number of aliphatic hydroxyl groups is 1. The summed E-state index contributed by atoms with van der Waals surface area (Å²) in [6.45, 7) is 1.85. The average Bonchev–Trinajstić information content (AvgIpc) is 2.28. The molecule has 1 aromatic carbocycles. The summed E-state index contributed by atoms with van der Waals surface area (Å²) in [7, 11) is 0. The van der Waals surface area contributed by atoms with Crippen LogP contribution in [0.5, 0.6) is 0 Å². The Morgan fingerprint density at radius 2 is 2.00 bits per heavy atom.